The van der Waals surface area contributed by atoms with E-state index in [4.69, 9.17) is 16.2 Å². The monoisotopic (exact) mass is 683 g/mol. The van der Waals surface area contributed by atoms with Gasteiger partial charge in [0.2, 0.25) is 17.7 Å². The van der Waals surface area contributed by atoms with E-state index in [1.54, 1.807) is 6.08 Å². The molecule has 4 amide bonds. The Hall–Kier alpha value is -5.65. The molecular weight excluding hydrogens is 634 g/mol. The van der Waals surface area contributed by atoms with Crippen molar-refractivity contribution in [1.29, 1.82) is 0 Å². The van der Waals surface area contributed by atoms with Crippen LogP contribution in [0.2, 0.25) is 0 Å². The van der Waals surface area contributed by atoms with Crippen LogP contribution in [-0.2, 0) is 32.1 Å². The minimum Gasteiger partial charge on any atom is -0.445 e. The highest BCUT2D eigenvalue weighted by Crippen LogP contribution is 2.10. The first kappa shape index (κ1) is 38.8. The van der Waals surface area contributed by atoms with Gasteiger partial charge in [-0.05, 0) is 54.4 Å². The summed E-state index contributed by atoms with van der Waals surface area (Å²) < 4.78 is 5.35. The largest absolute Gasteiger partial charge is 0.445 e. The Kier molecular flexibility index (Phi) is 16.6. The lowest BCUT2D eigenvalue weighted by molar-refractivity contribution is -0.130. The normalized spacial score (nSPS) is 12.7. The van der Waals surface area contributed by atoms with Crippen LogP contribution in [0, 0.1) is 5.92 Å². The van der Waals surface area contributed by atoms with Gasteiger partial charge in [-0.3, -0.25) is 19.4 Å². The number of alkyl carbamates (subject to hydrolysis) is 1. The molecular formula is C38H49N7O5. The van der Waals surface area contributed by atoms with Gasteiger partial charge in [0.1, 0.15) is 18.7 Å². The van der Waals surface area contributed by atoms with Crippen molar-refractivity contribution in [2.45, 2.75) is 64.3 Å². The number of nitrogens with zero attached hydrogens (tertiary/aromatic N) is 1. The fourth-order valence-corrected chi connectivity index (χ4v) is 5.05. The molecule has 3 atom stereocenters. The third kappa shape index (κ3) is 15.5. The average molecular weight is 684 g/mol. The summed E-state index contributed by atoms with van der Waals surface area (Å²) in [6, 6.07) is 25.8. The quantitative estimate of drug-likeness (QED) is 0.0483. The van der Waals surface area contributed by atoms with E-state index in [1.165, 1.54) is 6.08 Å². The molecule has 0 aliphatic rings. The molecule has 3 rings (SSSR count). The van der Waals surface area contributed by atoms with Crippen molar-refractivity contribution in [1.82, 2.24) is 21.3 Å². The lowest BCUT2D eigenvalue weighted by atomic mass is 10.0. The van der Waals surface area contributed by atoms with Gasteiger partial charge < -0.3 is 37.5 Å². The second-order valence-electron chi connectivity index (χ2n) is 12.3. The fourth-order valence-electron chi connectivity index (χ4n) is 5.05. The maximum atomic E-state index is 13.8. The molecule has 0 radical (unpaired) electrons. The van der Waals surface area contributed by atoms with Crippen LogP contribution in [0.1, 0.15) is 49.8 Å². The minimum absolute atomic E-state index is 0.0226. The number of aliphatic imine (C=N–C) groups is 1. The second-order valence-corrected chi connectivity index (χ2v) is 12.3. The van der Waals surface area contributed by atoms with Gasteiger partial charge in [-0.1, -0.05) is 105 Å². The Bertz CT molecular complexity index is 1550. The smallest absolute Gasteiger partial charge is 0.408 e. The van der Waals surface area contributed by atoms with Gasteiger partial charge in [0.05, 0.1) is 6.04 Å². The van der Waals surface area contributed by atoms with Gasteiger partial charge in [0.25, 0.3) is 0 Å². The Morgan fingerprint density at radius 2 is 1.38 bits per heavy atom. The third-order valence-corrected chi connectivity index (χ3v) is 7.53. The Balaban J connectivity index is 1.70. The Morgan fingerprint density at radius 1 is 0.780 bits per heavy atom. The van der Waals surface area contributed by atoms with Gasteiger partial charge in [-0.25, -0.2) is 4.79 Å². The van der Waals surface area contributed by atoms with Crippen LogP contribution in [0.25, 0.3) is 6.08 Å². The first-order valence-electron chi connectivity index (χ1n) is 16.8. The first-order valence-corrected chi connectivity index (χ1v) is 16.8. The Morgan fingerprint density at radius 3 is 2.00 bits per heavy atom. The number of ether oxygens (including phenoxy) is 1. The number of benzene rings is 3. The van der Waals surface area contributed by atoms with Crippen LogP contribution in [0.4, 0.5) is 4.79 Å². The summed E-state index contributed by atoms with van der Waals surface area (Å²) in [5.41, 5.74) is 13.5. The number of amides is 4. The molecule has 0 heterocycles. The van der Waals surface area contributed by atoms with E-state index in [0.29, 0.717) is 19.3 Å². The van der Waals surface area contributed by atoms with Gasteiger partial charge in [0, 0.05) is 19.2 Å². The van der Waals surface area contributed by atoms with Gasteiger partial charge in [0.15, 0.2) is 5.96 Å². The molecule has 0 aliphatic carbocycles. The zero-order chi connectivity index (χ0) is 36.1. The Labute approximate surface area is 294 Å². The summed E-state index contributed by atoms with van der Waals surface area (Å²) in [5.74, 6) is -1.30. The average Bonchev–Trinajstić information content (AvgIpc) is 3.10. The first-order chi connectivity index (χ1) is 24.1. The highest BCUT2D eigenvalue weighted by molar-refractivity contribution is 5.92. The molecule has 0 fully saturated rings. The summed E-state index contributed by atoms with van der Waals surface area (Å²) >= 11 is 0. The summed E-state index contributed by atoms with van der Waals surface area (Å²) in [6.45, 7) is 4.31. The topological polar surface area (TPSA) is 190 Å². The van der Waals surface area contributed by atoms with Crippen LogP contribution < -0.4 is 32.7 Å². The van der Waals surface area contributed by atoms with E-state index < -0.39 is 36.0 Å². The van der Waals surface area contributed by atoms with E-state index in [9.17, 15) is 19.2 Å². The fraction of sp³-hybridized carbons (Fsp3) is 0.342. The molecule has 266 valence electrons. The number of hydrogen-bond acceptors (Lipinski definition) is 6. The lowest BCUT2D eigenvalue weighted by Gasteiger charge is -2.26. The summed E-state index contributed by atoms with van der Waals surface area (Å²) in [5, 5.41) is 11.4. The van der Waals surface area contributed by atoms with Crippen molar-refractivity contribution in [3.05, 3.63) is 114 Å². The molecule has 0 unspecified atom stereocenters. The summed E-state index contributed by atoms with van der Waals surface area (Å²) in [6.07, 6.45) is 3.74. The zero-order valence-corrected chi connectivity index (χ0v) is 28.7. The van der Waals surface area contributed by atoms with Crippen molar-refractivity contribution in [2.24, 2.45) is 22.4 Å². The number of carbonyl (C=O) groups is 4. The minimum atomic E-state index is -1.02. The molecule has 12 heteroatoms. The lowest BCUT2D eigenvalue weighted by Crippen LogP contribution is -2.56. The van der Waals surface area contributed by atoms with Crippen molar-refractivity contribution in [2.75, 3.05) is 13.1 Å². The predicted octanol–water partition coefficient (Wildman–Crippen LogP) is 3.42. The number of guanidine groups is 1. The number of hydrogen-bond donors (Lipinski definition) is 6. The van der Waals surface area contributed by atoms with Crippen molar-refractivity contribution in [3.63, 3.8) is 0 Å². The molecule has 0 spiro atoms. The summed E-state index contributed by atoms with van der Waals surface area (Å²) in [7, 11) is 0. The molecule has 0 aliphatic heterocycles. The molecule has 3 aromatic carbocycles. The predicted molar refractivity (Wildman–Crippen MR) is 195 cm³/mol. The number of nitrogens with one attached hydrogen (secondary N) is 4. The number of nitrogens with two attached hydrogens (primary N) is 2. The standard InChI is InChI=1S/C38H49N7O5/c1-27(2)23-33(44-35(47)32(19-12-22-41-37(39)40)45-38(49)50-26-30-17-10-5-11-18-30)36(48)43-31(24-29-15-8-4-9-16-29)25-42-34(46)21-20-28-13-6-3-7-14-28/h3-11,13-18,20-21,27,31-33H,12,19,22-26H2,1-2H3,(H,42,46)(H,43,48)(H,44,47)(H,45,49)(H4,39,40,41)/t31-,32-,33-/m0/s1. The van der Waals surface area contributed by atoms with Crippen molar-refractivity contribution in [3.8, 4) is 0 Å². The van der Waals surface area contributed by atoms with E-state index in [1.807, 2.05) is 105 Å². The van der Waals surface area contributed by atoms with E-state index >= 15 is 0 Å². The van der Waals surface area contributed by atoms with Gasteiger partial charge >= 0.3 is 6.09 Å². The highest BCUT2D eigenvalue weighted by Gasteiger charge is 2.29. The highest BCUT2D eigenvalue weighted by atomic mass is 16.5. The van der Waals surface area contributed by atoms with E-state index in [0.717, 1.165) is 16.7 Å². The third-order valence-electron chi connectivity index (χ3n) is 7.53. The van der Waals surface area contributed by atoms with Crippen LogP contribution in [0.3, 0.4) is 0 Å². The zero-order valence-electron chi connectivity index (χ0n) is 28.7. The van der Waals surface area contributed by atoms with Crippen molar-refractivity contribution >= 4 is 35.9 Å². The molecule has 0 saturated heterocycles. The van der Waals surface area contributed by atoms with Crippen LogP contribution in [0.15, 0.2) is 102 Å². The SMILES string of the molecule is CC(C)C[C@H](NC(=O)[C@H](CCCN=C(N)N)NC(=O)OCc1ccccc1)C(=O)N[C@H](CNC(=O)C=Cc1ccccc1)Cc1ccccc1. The molecule has 12 nitrogen and oxygen atoms in total. The van der Waals surface area contributed by atoms with E-state index in [-0.39, 0.29) is 43.9 Å². The van der Waals surface area contributed by atoms with Crippen LogP contribution in [-0.4, -0.2) is 61.0 Å². The summed E-state index contributed by atoms with van der Waals surface area (Å²) in [4.78, 5) is 56.8. The van der Waals surface area contributed by atoms with E-state index in [2.05, 4.69) is 26.3 Å². The molecule has 0 saturated carbocycles. The molecule has 0 aromatic heterocycles. The molecule has 3 aromatic rings. The van der Waals surface area contributed by atoms with Crippen LogP contribution in [0.5, 0.6) is 0 Å². The molecule has 8 N–H and O–H groups in total. The maximum Gasteiger partial charge on any atom is 0.408 e. The van der Waals surface area contributed by atoms with Crippen LogP contribution >= 0.6 is 0 Å². The van der Waals surface area contributed by atoms with Gasteiger partial charge in [-0.2, -0.15) is 0 Å². The maximum absolute atomic E-state index is 13.8. The number of carbonyl (C=O) groups excluding carboxylic acids is 4. The molecule has 0 bridgehead atoms. The number of rotatable bonds is 19. The van der Waals surface area contributed by atoms with Gasteiger partial charge in [-0.15, -0.1) is 0 Å². The van der Waals surface area contributed by atoms with Crippen molar-refractivity contribution < 1.29 is 23.9 Å². The second kappa shape index (κ2) is 21.3. The molecule has 50 heavy (non-hydrogen) atoms.